The van der Waals surface area contributed by atoms with Gasteiger partial charge < -0.3 is 15.8 Å². The van der Waals surface area contributed by atoms with Gasteiger partial charge in [0.2, 0.25) is 5.91 Å². The lowest BCUT2D eigenvalue weighted by Gasteiger charge is -2.11. The number of halogens is 1. The van der Waals surface area contributed by atoms with Crippen LogP contribution in [0.15, 0.2) is 30.3 Å². The summed E-state index contributed by atoms with van der Waals surface area (Å²) in [5.41, 5.74) is 5.39. The average molecular weight is 259 g/mol. The molecule has 0 aliphatic heterocycles. The van der Waals surface area contributed by atoms with Crippen LogP contribution in [0.1, 0.15) is 13.3 Å². The van der Waals surface area contributed by atoms with Crippen LogP contribution in [0.2, 0.25) is 0 Å². The second kappa shape index (κ2) is 8.84. The quantitative estimate of drug-likeness (QED) is 0.809. The third-order valence-electron chi connectivity index (χ3n) is 2.10. The van der Waals surface area contributed by atoms with Gasteiger partial charge in [0.25, 0.3) is 0 Å². The fraction of sp³-hybridized carbons (Fsp3) is 0.417. The standard InChI is InChI=1S/C12H18N2O2.ClH/c1-10(9-13)14-12(15)7-8-16-11-5-3-2-4-6-11;/h2-6,10H,7-9,13H2,1H3,(H,14,15);1H/t10-;/m1./s1. The first-order chi connectivity index (χ1) is 7.72. The van der Waals surface area contributed by atoms with Gasteiger partial charge in [0.15, 0.2) is 0 Å². The third-order valence-corrected chi connectivity index (χ3v) is 2.10. The van der Waals surface area contributed by atoms with E-state index in [1.807, 2.05) is 37.3 Å². The highest BCUT2D eigenvalue weighted by molar-refractivity contribution is 5.85. The summed E-state index contributed by atoms with van der Waals surface area (Å²) >= 11 is 0. The SMILES string of the molecule is C[C@H](CN)NC(=O)CCOc1ccccc1.Cl. The summed E-state index contributed by atoms with van der Waals surface area (Å²) in [4.78, 5) is 11.4. The number of carbonyl (C=O) groups is 1. The monoisotopic (exact) mass is 258 g/mol. The lowest BCUT2D eigenvalue weighted by molar-refractivity contribution is -0.122. The van der Waals surface area contributed by atoms with E-state index in [1.54, 1.807) is 0 Å². The van der Waals surface area contributed by atoms with Crippen molar-refractivity contribution in [2.75, 3.05) is 13.2 Å². The topological polar surface area (TPSA) is 64.3 Å². The van der Waals surface area contributed by atoms with E-state index >= 15 is 0 Å². The average Bonchev–Trinajstić information content (AvgIpc) is 2.30. The zero-order chi connectivity index (χ0) is 11.8. The molecule has 0 saturated carbocycles. The Labute approximate surface area is 108 Å². The summed E-state index contributed by atoms with van der Waals surface area (Å²) in [6.45, 7) is 2.70. The number of rotatable bonds is 6. The summed E-state index contributed by atoms with van der Waals surface area (Å²) in [6, 6.07) is 9.45. The molecule has 0 saturated heterocycles. The van der Waals surface area contributed by atoms with E-state index in [0.29, 0.717) is 19.6 Å². The molecule has 96 valence electrons. The summed E-state index contributed by atoms with van der Waals surface area (Å²) in [7, 11) is 0. The second-order valence-electron chi connectivity index (χ2n) is 3.62. The van der Waals surface area contributed by atoms with Gasteiger partial charge in [0, 0.05) is 12.6 Å². The number of ether oxygens (including phenoxy) is 1. The molecule has 4 nitrogen and oxygen atoms in total. The van der Waals surface area contributed by atoms with Gasteiger partial charge >= 0.3 is 0 Å². The van der Waals surface area contributed by atoms with Crippen LogP contribution in [-0.4, -0.2) is 25.1 Å². The van der Waals surface area contributed by atoms with Gasteiger partial charge in [-0.3, -0.25) is 4.79 Å². The Bertz CT molecular complexity index is 320. The highest BCUT2D eigenvalue weighted by atomic mass is 35.5. The molecule has 0 aliphatic carbocycles. The van der Waals surface area contributed by atoms with E-state index in [0.717, 1.165) is 5.75 Å². The van der Waals surface area contributed by atoms with E-state index in [2.05, 4.69) is 5.32 Å². The minimum atomic E-state index is -0.0334. The van der Waals surface area contributed by atoms with Gasteiger partial charge in [-0.25, -0.2) is 0 Å². The van der Waals surface area contributed by atoms with Crippen LogP contribution in [0.5, 0.6) is 5.75 Å². The molecule has 0 spiro atoms. The second-order valence-corrected chi connectivity index (χ2v) is 3.62. The number of benzene rings is 1. The number of hydrogen-bond acceptors (Lipinski definition) is 3. The van der Waals surface area contributed by atoms with Crippen molar-refractivity contribution in [3.8, 4) is 5.75 Å². The van der Waals surface area contributed by atoms with Crippen LogP contribution in [0.25, 0.3) is 0 Å². The zero-order valence-electron chi connectivity index (χ0n) is 9.89. The Morgan fingerprint density at radius 2 is 2.06 bits per heavy atom. The van der Waals surface area contributed by atoms with E-state index in [1.165, 1.54) is 0 Å². The lowest BCUT2D eigenvalue weighted by atomic mass is 10.3. The van der Waals surface area contributed by atoms with Crippen LogP contribution in [0.4, 0.5) is 0 Å². The number of nitrogens with two attached hydrogens (primary N) is 1. The Hall–Kier alpha value is -1.26. The molecule has 0 radical (unpaired) electrons. The molecule has 0 bridgehead atoms. The summed E-state index contributed by atoms with van der Waals surface area (Å²) in [5, 5.41) is 2.77. The Morgan fingerprint density at radius 1 is 1.41 bits per heavy atom. The van der Waals surface area contributed by atoms with Crippen molar-refractivity contribution in [2.24, 2.45) is 5.73 Å². The van der Waals surface area contributed by atoms with Crippen molar-refractivity contribution in [3.63, 3.8) is 0 Å². The Kier molecular flexibility index (Phi) is 8.19. The highest BCUT2D eigenvalue weighted by Gasteiger charge is 2.05. The summed E-state index contributed by atoms with van der Waals surface area (Å²) in [5.74, 6) is 0.746. The first kappa shape index (κ1) is 15.7. The molecular weight excluding hydrogens is 240 g/mol. The zero-order valence-corrected chi connectivity index (χ0v) is 10.7. The van der Waals surface area contributed by atoms with Crippen molar-refractivity contribution in [2.45, 2.75) is 19.4 Å². The highest BCUT2D eigenvalue weighted by Crippen LogP contribution is 2.08. The summed E-state index contributed by atoms with van der Waals surface area (Å²) < 4.78 is 5.40. The van der Waals surface area contributed by atoms with Gasteiger partial charge in [-0.2, -0.15) is 0 Å². The van der Waals surface area contributed by atoms with Crippen LogP contribution in [-0.2, 0) is 4.79 Å². The fourth-order valence-corrected chi connectivity index (χ4v) is 1.18. The minimum Gasteiger partial charge on any atom is -0.493 e. The molecule has 1 atom stereocenters. The third kappa shape index (κ3) is 6.81. The maximum Gasteiger partial charge on any atom is 0.223 e. The van der Waals surface area contributed by atoms with E-state index in [4.69, 9.17) is 10.5 Å². The molecule has 1 aromatic carbocycles. The van der Waals surface area contributed by atoms with Crippen LogP contribution >= 0.6 is 12.4 Å². The molecule has 3 N–H and O–H groups in total. The van der Waals surface area contributed by atoms with E-state index < -0.39 is 0 Å². The largest absolute Gasteiger partial charge is 0.493 e. The number of nitrogens with one attached hydrogen (secondary N) is 1. The number of hydrogen-bond donors (Lipinski definition) is 2. The molecule has 0 heterocycles. The van der Waals surface area contributed by atoms with Crippen molar-refractivity contribution in [3.05, 3.63) is 30.3 Å². The van der Waals surface area contributed by atoms with Crippen molar-refractivity contribution < 1.29 is 9.53 Å². The molecular formula is C12H19ClN2O2. The normalized spacial score (nSPS) is 11.2. The van der Waals surface area contributed by atoms with Gasteiger partial charge in [-0.1, -0.05) is 18.2 Å². The molecule has 1 aromatic rings. The smallest absolute Gasteiger partial charge is 0.223 e. The van der Waals surface area contributed by atoms with Crippen molar-refractivity contribution >= 4 is 18.3 Å². The molecule has 1 amide bonds. The molecule has 1 rings (SSSR count). The maximum absolute atomic E-state index is 11.4. The molecule has 0 aliphatic rings. The number of para-hydroxylation sites is 1. The van der Waals surface area contributed by atoms with Gasteiger partial charge in [-0.05, 0) is 19.1 Å². The molecule has 0 aromatic heterocycles. The van der Waals surface area contributed by atoms with E-state index in [9.17, 15) is 4.79 Å². The number of amides is 1. The van der Waals surface area contributed by atoms with Crippen molar-refractivity contribution in [1.82, 2.24) is 5.32 Å². The Morgan fingerprint density at radius 3 is 2.65 bits per heavy atom. The maximum atomic E-state index is 11.4. The lowest BCUT2D eigenvalue weighted by Crippen LogP contribution is -2.38. The Balaban J connectivity index is 0.00000256. The molecule has 0 unspecified atom stereocenters. The predicted molar refractivity (Wildman–Crippen MR) is 70.5 cm³/mol. The first-order valence-corrected chi connectivity index (χ1v) is 5.39. The predicted octanol–water partition coefficient (Wildman–Crippen LogP) is 1.34. The molecule has 0 fully saturated rings. The van der Waals surface area contributed by atoms with Gasteiger partial charge in [-0.15, -0.1) is 12.4 Å². The van der Waals surface area contributed by atoms with Crippen LogP contribution < -0.4 is 15.8 Å². The van der Waals surface area contributed by atoms with Gasteiger partial charge in [0.1, 0.15) is 5.75 Å². The molecule has 17 heavy (non-hydrogen) atoms. The van der Waals surface area contributed by atoms with Crippen LogP contribution in [0, 0.1) is 0 Å². The van der Waals surface area contributed by atoms with Gasteiger partial charge in [0.05, 0.1) is 13.0 Å². The van der Waals surface area contributed by atoms with E-state index in [-0.39, 0.29) is 24.4 Å². The fourth-order valence-electron chi connectivity index (χ4n) is 1.18. The van der Waals surface area contributed by atoms with Crippen LogP contribution in [0.3, 0.4) is 0 Å². The molecule has 5 heteroatoms. The summed E-state index contributed by atoms with van der Waals surface area (Å²) in [6.07, 6.45) is 0.346. The minimum absolute atomic E-state index is 0. The first-order valence-electron chi connectivity index (χ1n) is 5.39. The number of carbonyl (C=O) groups excluding carboxylic acids is 1. The van der Waals surface area contributed by atoms with Crippen molar-refractivity contribution in [1.29, 1.82) is 0 Å².